The van der Waals surface area contributed by atoms with Gasteiger partial charge in [0.15, 0.2) is 0 Å². The van der Waals surface area contributed by atoms with Gasteiger partial charge in [-0.2, -0.15) is 4.98 Å². The number of hydrogen-bond acceptors (Lipinski definition) is 6. The first-order valence-electron chi connectivity index (χ1n) is 9.09. The van der Waals surface area contributed by atoms with Crippen LogP contribution in [-0.4, -0.2) is 41.7 Å². The molecule has 0 atom stereocenters. The molecule has 2 amide bonds. The quantitative estimate of drug-likeness (QED) is 0.616. The number of amides is 2. The van der Waals surface area contributed by atoms with Crippen molar-refractivity contribution in [2.24, 2.45) is 5.92 Å². The number of benzene rings is 1. The second-order valence-electron chi connectivity index (χ2n) is 6.26. The van der Waals surface area contributed by atoms with Crippen molar-refractivity contribution in [1.29, 1.82) is 0 Å². The van der Waals surface area contributed by atoms with E-state index < -0.39 is 0 Å². The fourth-order valence-corrected chi connectivity index (χ4v) is 2.24. The Morgan fingerprint density at radius 2 is 1.85 bits per heavy atom. The molecule has 8 nitrogen and oxygen atoms in total. The van der Waals surface area contributed by atoms with Gasteiger partial charge < -0.3 is 19.9 Å². The Bertz CT molecular complexity index is 740. The molecule has 0 aliphatic carbocycles. The zero-order valence-electron chi connectivity index (χ0n) is 15.9. The Hall–Kier alpha value is -2.90. The largest absolute Gasteiger partial charge is 0.494 e. The molecule has 1 heterocycles. The van der Waals surface area contributed by atoms with Crippen molar-refractivity contribution in [3.05, 3.63) is 30.2 Å². The van der Waals surface area contributed by atoms with Gasteiger partial charge >= 0.3 is 0 Å². The highest BCUT2D eigenvalue weighted by Crippen LogP contribution is 2.20. The minimum atomic E-state index is -0.130. The SMILES string of the molecule is CCOc1ccc(-c2noc(CCC(=O)NCCNC(=O)C(C)C)n2)cc1. The van der Waals surface area contributed by atoms with Crippen LogP contribution in [0.4, 0.5) is 0 Å². The summed E-state index contributed by atoms with van der Waals surface area (Å²) in [5.41, 5.74) is 0.818. The van der Waals surface area contributed by atoms with E-state index in [-0.39, 0.29) is 24.2 Å². The van der Waals surface area contributed by atoms with Gasteiger partial charge in [0.25, 0.3) is 0 Å². The summed E-state index contributed by atoms with van der Waals surface area (Å²) in [6.45, 7) is 6.97. The van der Waals surface area contributed by atoms with E-state index in [0.29, 0.717) is 37.8 Å². The number of hydrogen-bond donors (Lipinski definition) is 2. The molecular formula is C19H26N4O4. The lowest BCUT2D eigenvalue weighted by atomic mass is 10.2. The van der Waals surface area contributed by atoms with Crippen LogP contribution in [0.3, 0.4) is 0 Å². The number of carbonyl (C=O) groups excluding carboxylic acids is 2. The second-order valence-corrected chi connectivity index (χ2v) is 6.26. The summed E-state index contributed by atoms with van der Waals surface area (Å²) in [5, 5.41) is 9.43. The Labute approximate surface area is 158 Å². The topological polar surface area (TPSA) is 106 Å². The van der Waals surface area contributed by atoms with E-state index in [4.69, 9.17) is 9.26 Å². The minimum absolute atomic E-state index is 0.0306. The first-order chi connectivity index (χ1) is 13.0. The summed E-state index contributed by atoms with van der Waals surface area (Å²) in [6.07, 6.45) is 0.594. The van der Waals surface area contributed by atoms with Gasteiger partial charge in [0, 0.05) is 37.4 Å². The van der Waals surface area contributed by atoms with Crippen LogP contribution in [0.5, 0.6) is 5.75 Å². The number of carbonyl (C=O) groups is 2. The van der Waals surface area contributed by atoms with Crippen molar-refractivity contribution in [2.45, 2.75) is 33.6 Å². The summed E-state index contributed by atoms with van der Waals surface area (Å²) >= 11 is 0. The molecule has 0 saturated carbocycles. The highest BCUT2D eigenvalue weighted by molar-refractivity contribution is 5.78. The van der Waals surface area contributed by atoms with Crippen LogP contribution in [-0.2, 0) is 16.0 Å². The fourth-order valence-electron chi connectivity index (χ4n) is 2.24. The van der Waals surface area contributed by atoms with Gasteiger partial charge in [-0.15, -0.1) is 0 Å². The molecule has 2 N–H and O–H groups in total. The number of ether oxygens (including phenoxy) is 1. The molecule has 146 valence electrons. The van der Waals surface area contributed by atoms with Crippen LogP contribution in [0.25, 0.3) is 11.4 Å². The summed E-state index contributed by atoms with van der Waals surface area (Å²) in [7, 11) is 0. The van der Waals surface area contributed by atoms with Gasteiger partial charge in [0.1, 0.15) is 5.75 Å². The van der Waals surface area contributed by atoms with Gasteiger partial charge in [-0.1, -0.05) is 19.0 Å². The Morgan fingerprint density at radius 1 is 1.15 bits per heavy atom. The van der Waals surface area contributed by atoms with Gasteiger partial charge in [0.2, 0.25) is 23.5 Å². The van der Waals surface area contributed by atoms with E-state index in [2.05, 4.69) is 20.8 Å². The molecule has 2 aromatic rings. The number of aryl methyl sites for hydroxylation is 1. The third-order valence-corrected chi connectivity index (χ3v) is 3.73. The molecule has 0 unspecified atom stereocenters. The standard InChI is InChI=1S/C19H26N4O4/c1-4-26-15-7-5-14(6-8-15)18-22-17(27-23-18)10-9-16(24)20-11-12-21-19(25)13(2)3/h5-8,13H,4,9-12H2,1-3H3,(H,20,24)(H,21,25). The molecular weight excluding hydrogens is 348 g/mol. The molecule has 0 radical (unpaired) electrons. The monoisotopic (exact) mass is 374 g/mol. The smallest absolute Gasteiger partial charge is 0.227 e. The second kappa shape index (κ2) is 10.3. The van der Waals surface area contributed by atoms with Gasteiger partial charge in [-0.05, 0) is 31.2 Å². The van der Waals surface area contributed by atoms with E-state index in [0.717, 1.165) is 11.3 Å². The van der Waals surface area contributed by atoms with Crippen molar-refractivity contribution < 1.29 is 18.8 Å². The van der Waals surface area contributed by atoms with Gasteiger partial charge in [0.05, 0.1) is 6.61 Å². The molecule has 2 rings (SSSR count). The number of nitrogens with zero attached hydrogens (tertiary/aromatic N) is 2. The summed E-state index contributed by atoms with van der Waals surface area (Å²) in [6, 6.07) is 7.41. The average molecular weight is 374 g/mol. The van der Waals surface area contributed by atoms with E-state index in [9.17, 15) is 9.59 Å². The van der Waals surface area contributed by atoms with E-state index >= 15 is 0 Å². The first kappa shape index (κ1) is 20.4. The molecule has 8 heteroatoms. The van der Waals surface area contributed by atoms with Crippen LogP contribution in [0, 0.1) is 5.92 Å². The fraction of sp³-hybridized carbons (Fsp3) is 0.474. The Morgan fingerprint density at radius 3 is 2.52 bits per heavy atom. The third kappa shape index (κ3) is 6.73. The maximum atomic E-state index is 11.8. The first-order valence-corrected chi connectivity index (χ1v) is 9.09. The third-order valence-electron chi connectivity index (χ3n) is 3.73. The Balaban J connectivity index is 1.74. The normalized spacial score (nSPS) is 10.7. The van der Waals surface area contributed by atoms with Gasteiger partial charge in [-0.3, -0.25) is 9.59 Å². The molecule has 1 aromatic carbocycles. The highest BCUT2D eigenvalue weighted by atomic mass is 16.5. The minimum Gasteiger partial charge on any atom is -0.494 e. The highest BCUT2D eigenvalue weighted by Gasteiger charge is 2.11. The molecule has 0 saturated heterocycles. The lowest BCUT2D eigenvalue weighted by Crippen LogP contribution is -2.36. The summed E-state index contributed by atoms with van der Waals surface area (Å²) < 4.78 is 10.6. The maximum absolute atomic E-state index is 11.8. The molecule has 0 aliphatic heterocycles. The summed E-state index contributed by atoms with van der Waals surface area (Å²) in [5.74, 6) is 1.44. The van der Waals surface area contributed by atoms with Crippen molar-refractivity contribution in [2.75, 3.05) is 19.7 Å². The van der Waals surface area contributed by atoms with Crippen LogP contribution in [0.2, 0.25) is 0 Å². The molecule has 0 aliphatic rings. The Kier molecular flexibility index (Phi) is 7.79. The molecule has 0 bridgehead atoms. The predicted molar refractivity (Wildman–Crippen MR) is 100 cm³/mol. The van der Waals surface area contributed by atoms with E-state index in [1.165, 1.54) is 0 Å². The zero-order chi connectivity index (χ0) is 19.6. The van der Waals surface area contributed by atoms with Crippen molar-refractivity contribution >= 4 is 11.8 Å². The molecule has 0 fully saturated rings. The van der Waals surface area contributed by atoms with Crippen LogP contribution >= 0.6 is 0 Å². The average Bonchev–Trinajstić information content (AvgIpc) is 3.13. The van der Waals surface area contributed by atoms with E-state index in [1.807, 2.05) is 45.0 Å². The molecule has 0 spiro atoms. The van der Waals surface area contributed by atoms with Crippen LogP contribution < -0.4 is 15.4 Å². The number of rotatable bonds is 10. The zero-order valence-corrected chi connectivity index (χ0v) is 15.9. The van der Waals surface area contributed by atoms with Crippen LogP contribution in [0.1, 0.15) is 33.1 Å². The van der Waals surface area contributed by atoms with Crippen molar-refractivity contribution in [3.63, 3.8) is 0 Å². The van der Waals surface area contributed by atoms with Gasteiger partial charge in [-0.25, -0.2) is 0 Å². The van der Waals surface area contributed by atoms with Crippen LogP contribution in [0.15, 0.2) is 28.8 Å². The van der Waals surface area contributed by atoms with Crippen molar-refractivity contribution in [1.82, 2.24) is 20.8 Å². The number of aromatic nitrogens is 2. The predicted octanol–water partition coefficient (Wildman–Crippen LogP) is 1.96. The maximum Gasteiger partial charge on any atom is 0.227 e. The number of nitrogens with one attached hydrogen (secondary N) is 2. The molecule has 1 aromatic heterocycles. The lowest BCUT2D eigenvalue weighted by molar-refractivity contribution is -0.124. The van der Waals surface area contributed by atoms with E-state index in [1.54, 1.807) is 0 Å². The van der Waals surface area contributed by atoms with Crippen molar-refractivity contribution in [3.8, 4) is 17.1 Å². The summed E-state index contributed by atoms with van der Waals surface area (Å²) in [4.78, 5) is 27.6. The molecule has 27 heavy (non-hydrogen) atoms. The lowest BCUT2D eigenvalue weighted by Gasteiger charge is -2.08.